The van der Waals surface area contributed by atoms with E-state index < -0.39 is 22.1 Å². The van der Waals surface area contributed by atoms with E-state index in [1.807, 2.05) is 30.3 Å². The number of carbonyl (C=O) groups excluding carboxylic acids is 2. The summed E-state index contributed by atoms with van der Waals surface area (Å²) >= 11 is 0. The number of piperazine rings is 1. The number of nitrogens with one attached hydrogen (secondary N) is 1. The molecule has 1 unspecified atom stereocenters. The average Bonchev–Trinajstić information content (AvgIpc) is 3.37. The molecule has 1 aliphatic heterocycles. The molecule has 0 spiro atoms. The predicted molar refractivity (Wildman–Crippen MR) is 129 cm³/mol. The molecule has 1 atom stereocenters. The van der Waals surface area contributed by atoms with E-state index in [4.69, 9.17) is 4.74 Å². The quantitative estimate of drug-likeness (QED) is 0.606. The Morgan fingerprint density at radius 2 is 1.65 bits per heavy atom. The third-order valence-electron chi connectivity index (χ3n) is 6.42. The molecule has 1 saturated carbocycles. The number of carbonyl (C=O) groups is 2. The van der Waals surface area contributed by atoms with E-state index in [0.29, 0.717) is 26.2 Å². The molecule has 0 radical (unpaired) electrons. The highest BCUT2D eigenvalue weighted by atomic mass is 32.2. The minimum Gasteiger partial charge on any atom is -0.449 e. The first kappa shape index (κ1) is 24.2. The van der Waals surface area contributed by atoms with Crippen LogP contribution in [0.1, 0.15) is 43.0 Å². The highest BCUT2D eigenvalue weighted by molar-refractivity contribution is 7.89. The van der Waals surface area contributed by atoms with E-state index in [9.17, 15) is 18.0 Å². The molecule has 2 aromatic carbocycles. The maximum absolute atomic E-state index is 13.2. The lowest BCUT2D eigenvalue weighted by Crippen LogP contribution is -2.48. The second-order valence-electron chi connectivity index (χ2n) is 8.79. The Morgan fingerprint density at radius 3 is 2.32 bits per heavy atom. The predicted octanol–water partition coefficient (Wildman–Crippen LogP) is 2.80. The van der Waals surface area contributed by atoms with Crippen molar-refractivity contribution < 1.29 is 22.7 Å². The lowest BCUT2D eigenvalue weighted by atomic mass is 10.2. The van der Waals surface area contributed by atoms with Crippen LogP contribution in [0, 0.1) is 0 Å². The topological polar surface area (TPSA) is 96.0 Å². The summed E-state index contributed by atoms with van der Waals surface area (Å²) < 4.78 is 33.2. The number of hydrogen-bond acceptors (Lipinski definition) is 6. The fourth-order valence-electron chi connectivity index (χ4n) is 4.43. The third kappa shape index (κ3) is 5.59. The molecule has 2 fully saturated rings. The van der Waals surface area contributed by atoms with Crippen LogP contribution in [0.15, 0.2) is 59.5 Å². The molecule has 0 bridgehead atoms. The normalized spacial score (nSPS) is 18.4. The summed E-state index contributed by atoms with van der Waals surface area (Å²) in [7, 11) is -3.76. The van der Waals surface area contributed by atoms with Crippen molar-refractivity contribution in [3.05, 3.63) is 60.2 Å². The number of para-hydroxylation sites is 1. The maximum atomic E-state index is 13.2. The van der Waals surface area contributed by atoms with Gasteiger partial charge in [0.05, 0.1) is 10.5 Å². The van der Waals surface area contributed by atoms with Crippen LogP contribution >= 0.6 is 0 Å². The number of rotatable bonds is 7. The van der Waals surface area contributed by atoms with Crippen molar-refractivity contribution in [2.75, 3.05) is 31.1 Å². The van der Waals surface area contributed by atoms with E-state index in [-0.39, 0.29) is 22.4 Å². The summed E-state index contributed by atoms with van der Waals surface area (Å²) in [5.74, 6) is -1.06. The van der Waals surface area contributed by atoms with Gasteiger partial charge in [0.25, 0.3) is 5.91 Å². The van der Waals surface area contributed by atoms with Gasteiger partial charge in [0.2, 0.25) is 10.0 Å². The molecule has 34 heavy (non-hydrogen) atoms. The highest BCUT2D eigenvalue weighted by Crippen LogP contribution is 2.22. The second kappa shape index (κ2) is 10.6. The molecule has 182 valence electrons. The minimum absolute atomic E-state index is 0.0400. The summed E-state index contributed by atoms with van der Waals surface area (Å²) in [5, 5.41) is 2.91. The van der Waals surface area contributed by atoms with Crippen molar-refractivity contribution in [2.24, 2.45) is 0 Å². The first-order valence-corrected chi connectivity index (χ1v) is 13.2. The largest absolute Gasteiger partial charge is 0.449 e. The van der Waals surface area contributed by atoms with Crippen LogP contribution in [-0.2, 0) is 19.6 Å². The Hall–Kier alpha value is -2.91. The van der Waals surface area contributed by atoms with Crippen LogP contribution < -0.4 is 10.2 Å². The molecule has 8 nitrogen and oxygen atoms in total. The Kier molecular flexibility index (Phi) is 7.53. The van der Waals surface area contributed by atoms with Gasteiger partial charge < -0.3 is 15.0 Å². The number of hydrogen-bond donors (Lipinski definition) is 1. The smallest absolute Gasteiger partial charge is 0.338 e. The van der Waals surface area contributed by atoms with Crippen LogP contribution in [0.4, 0.5) is 5.69 Å². The summed E-state index contributed by atoms with van der Waals surface area (Å²) in [6.07, 6.45) is 3.08. The number of sulfonamides is 1. The van der Waals surface area contributed by atoms with E-state index in [2.05, 4.69) is 10.2 Å². The van der Waals surface area contributed by atoms with Gasteiger partial charge >= 0.3 is 5.97 Å². The minimum atomic E-state index is -3.76. The van der Waals surface area contributed by atoms with Gasteiger partial charge in [-0.25, -0.2) is 13.2 Å². The van der Waals surface area contributed by atoms with Gasteiger partial charge in [-0.1, -0.05) is 37.1 Å². The number of esters is 1. The van der Waals surface area contributed by atoms with Crippen molar-refractivity contribution in [1.82, 2.24) is 9.62 Å². The summed E-state index contributed by atoms with van der Waals surface area (Å²) in [4.78, 5) is 27.2. The van der Waals surface area contributed by atoms with Gasteiger partial charge in [-0.15, -0.1) is 0 Å². The van der Waals surface area contributed by atoms with Crippen LogP contribution in [0.5, 0.6) is 0 Å². The summed E-state index contributed by atoms with van der Waals surface area (Å²) in [6.45, 7) is 3.39. The Labute approximate surface area is 200 Å². The van der Waals surface area contributed by atoms with Gasteiger partial charge in [-0.3, -0.25) is 4.79 Å². The van der Waals surface area contributed by atoms with Gasteiger partial charge in [0.15, 0.2) is 6.10 Å². The molecule has 1 amide bonds. The first-order chi connectivity index (χ1) is 16.3. The zero-order chi connectivity index (χ0) is 24.1. The van der Waals surface area contributed by atoms with Crippen molar-refractivity contribution >= 4 is 27.6 Å². The van der Waals surface area contributed by atoms with Crippen LogP contribution in [0.3, 0.4) is 0 Å². The Bertz CT molecular complexity index is 1110. The molecule has 2 aromatic rings. The van der Waals surface area contributed by atoms with Gasteiger partial charge in [-0.05, 0) is 50.1 Å². The Morgan fingerprint density at radius 1 is 0.971 bits per heavy atom. The van der Waals surface area contributed by atoms with Crippen LogP contribution in [-0.4, -0.2) is 62.9 Å². The fourth-order valence-corrected chi connectivity index (χ4v) is 5.90. The molecular formula is C25H31N3O5S. The van der Waals surface area contributed by atoms with Crippen LogP contribution in [0.25, 0.3) is 0 Å². The molecule has 1 N–H and O–H groups in total. The maximum Gasteiger partial charge on any atom is 0.338 e. The van der Waals surface area contributed by atoms with E-state index in [0.717, 1.165) is 31.4 Å². The molecular weight excluding hydrogens is 454 g/mol. The number of nitrogens with zero attached hydrogens (tertiary/aromatic N) is 2. The molecule has 9 heteroatoms. The molecule has 0 aromatic heterocycles. The Balaban J connectivity index is 1.38. The lowest BCUT2D eigenvalue weighted by Gasteiger charge is -2.35. The van der Waals surface area contributed by atoms with Crippen molar-refractivity contribution in [1.29, 1.82) is 0 Å². The molecule has 4 rings (SSSR count). The number of amides is 1. The zero-order valence-corrected chi connectivity index (χ0v) is 20.2. The van der Waals surface area contributed by atoms with E-state index >= 15 is 0 Å². The fraction of sp³-hybridized carbons (Fsp3) is 0.440. The van der Waals surface area contributed by atoms with Crippen molar-refractivity contribution in [2.45, 2.75) is 49.6 Å². The van der Waals surface area contributed by atoms with E-state index in [1.165, 1.54) is 35.5 Å². The van der Waals surface area contributed by atoms with Gasteiger partial charge in [-0.2, -0.15) is 4.31 Å². The van der Waals surface area contributed by atoms with E-state index in [1.54, 1.807) is 0 Å². The molecule has 1 aliphatic carbocycles. The monoisotopic (exact) mass is 485 g/mol. The average molecular weight is 486 g/mol. The second-order valence-corrected chi connectivity index (χ2v) is 10.7. The summed E-state index contributed by atoms with van der Waals surface area (Å²) in [5.41, 5.74) is 1.17. The highest BCUT2D eigenvalue weighted by Gasteiger charge is 2.30. The third-order valence-corrected chi connectivity index (χ3v) is 8.32. The number of benzene rings is 2. The first-order valence-electron chi connectivity index (χ1n) is 11.8. The van der Waals surface area contributed by atoms with Gasteiger partial charge in [0, 0.05) is 37.9 Å². The van der Waals surface area contributed by atoms with Crippen molar-refractivity contribution in [3.63, 3.8) is 0 Å². The van der Waals surface area contributed by atoms with Crippen LogP contribution in [0.2, 0.25) is 0 Å². The lowest BCUT2D eigenvalue weighted by molar-refractivity contribution is -0.129. The van der Waals surface area contributed by atoms with Crippen molar-refractivity contribution in [3.8, 4) is 0 Å². The van der Waals surface area contributed by atoms with Gasteiger partial charge in [0.1, 0.15) is 0 Å². The number of ether oxygens (including phenoxy) is 1. The number of anilines is 1. The molecule has 1 heterocycles. The standard InChI is InChI=1S/C25H31N3O5S/c1-19(24(29)26-21-9-5-6-10-21)33-25(30)20-8-7-13-23(18-20)34(31,32)28-16-14-27(15-17-28)22-11-3-2-4-12-22/h2-4,7-8,11-13,18-19,21H,5-6,9-10,14-17H2,1H3,(H,26,29). The SMILES string of the molecule is CC(OC(=O)c1cccc(S(=O)(=O)N2CCN(c3ccccc3)CC2)c1)C(=O)NC1CCCC1. The zero-order valence-electron chi connectivity index (χ0n) is 19.4. The summed E-state index contributed by atoms with van der Waals surface area (Å²) in [6, 6.07) is 15.8. The molecule has 1 saturated heterocycles. The molecule has 2 aliphatic rings.